The van der Waals surface area contributed by atoms with E-state index in [2.05, 4.69) is 5.10 Å². The molecule has 3 heterocycles. The molecule has 1 amide bonds. The third kappa shape index (κ3) is 4.16. The molecule has 3 aromatic rings. The Morgan fingerprint density at radius 1 is 1.03 bits per heavy atom. The van der Waals surface area contributed by atoms with E-state index in [1.54, 1.807) is 17.0 Å². The average Bonchev–Trinajstić information content (AvgIpc) is 3.50. The predicted octanol–water partition coefficient (Wildman–Crippen LogP) is 2.41. The van der Waals surface area contributed by atoms with Crippen LogP contribution in [0.2, 0.25) is 0 Å². The van der Waals surface area contributed by atoms with Gasteiger partial charge >= 0.3 is 5.76 Å². The van der Waals surface area contributed by atoms with Gasteiger partial charge in [0.1, 0.15) is 12.4 Å². The molecule has 1 fully saturated rings. The van der Waals surface area contributed by atoms with Gasteiger partial charge < -0.3 is 9.32 Å². The number of carbonyl (C=O) groups excluding carboxylic acids is 1. The molecule has 0 radical (unpaired) electrons. The molecule has 11 heteroatoms. The first kappa shape index (κ1) is 22.5. The quantitative estimate of drug-likeness (QED) is 0.548. The van der Waals surface area contributed by atoms with Crippen LogP contribution in [-0.2, 0) is 27.8 Å². The SMILES string of the molecule is O=C(Cn1nc(-c2ccc(F)cc2)oc1=O)N1CCCc2cc(S(=O)(=O)N3CCCC3)ccc21. The van der Waals surface area contributed by atoms with Gasteiger partial charge in [-0.25, -0.2) is 17.6 Å². The summed E-state index contributed by atoms with van der Waals surface area (Å²) in [5.41, 5.74) is 1.83. The minimum atomic E-state index is -3.55. The van der Waals surface area contributed by atoms with E-state index in [1.807, 2.05) is 0 Å². The molecule has 9 nitrogen and oxygen atoms in total. The van der Waals surface area contributed by atoms with Gasteiger partial charge in [-0.2, -0.15) is 8.99 Å². The van der Waals surface area contributed by atoms with E-state index < -0.39 is 21.6 Å². The van der Waals surface area contributed by atoms with Crippen molar-refractivity contribution in [2.24, 2.45) is 0 Å². The van der Waals surface area contributed by atoms with Gasteiger partial charge in [-0.15, -0.1) is 5.10 Å². The highest BCUT2D eigenvalue weighted by atomic mass is 32.2. The smallest absolute Gasteiger partial charge is 0.388 e. The van der Waals surface area contributed by atoms with Crippen LogP contribution in [0.15, 0.2) is 56.6 Å². The lowest BCUT2D eigenvalue weighted by molar-refractivity contribution is -0.119. The van der Waals surface area contributed by atoms with E-state index >= 15 is 0 Å². The van der Waals surface area contributed by atoms with E-state index in [9.17, 15) is 22.4 Å². The fraction of sp³-hybridized carbons (Fsp3) is 0.348. The molecule has 5 rings (SSSR count). The minimum absolute atomic E-state index is 0.00592. The van der Waals surface area contributed by atoms with Crippen molar-refractivity contribution >= 4 is 21.6 Å². The highest BCUT2D eigenvalue weighted by Gasteiger charge is 2.30. The molecule has 1 aromatic heterocycles. The van der Waals surface area contributed by atoms with Crippen molar-refractivity contribution in [2.45, 2.75) is 37.1 Å². The third-order valence-electron chi connectivity index (χ3n) is 6.16. The summed E-state index contributed by atoms with van der Waals surface area (Å²) < 4.78 is 46.6. The summed E-state index contributed by atoms with van der Waals surface area (Å²) in [6, 6.07) is 10.2. The maximum Gasteiger partial charge on any atom is 0.437 e. The molecule has 0 bridgehead atoms. The van der Waals surface area contributed by atoms with Gasteiger partial charge in [-0.05, 0) is 73.7 Å². The van der Waals surface area contributed by atoms with Gasteiger partial charge in [0.05, 0.1) is 4.90 Å². The van der Waals surface area contributed by atoms with Crippen molar-refractivity contribution in [3.63, 3.8) is 0 Å². The Hall–Kier alpha value is -3.31. The van der Waals surface area contributed by atoms with E-state index in [4.69, 9.17) is 4.42 Å². The molecule has 0 saturated carbocycles. The summed E-state index contributed by atoms with van der Waals surface area (Å²) in [4.78, 5) is 27.1. The normalized spacial score (nSPS) is 16.6. The predicted molar refractivity (Wildman–Crippen MR) is 121 cm³/mol. The molecule has 34 heavy (non-hydrogen) atoms. The molecule has 178 valence electrons. The van der Waals surface area contributed by atoms with Crippen LogP contribution in [0.1, 0.15) is 24.8 Å². The number of nitrogens with zero attached hydrogens (tertiary/aromatic N) is 4. The number of fused-ring (bicyclic) bond motifs is 1. The maximum atomic E-state index is 13.2. The maximum absolute atomic E-state index is 13.2. The van der Waals surface area contributed by atoms with Crippen molar-refractivity contribution in [1.82, 2.24) is 14.1 Å². The second-order valence-electron chi connectivity index (χ2n) is 8.39. The van der Waals surface area contributed by atoms with Crippen molar-refractivity contribution in [3.8, 4) is 11.5 Å². The third-order valence-corrected chi connectivity index (χ3v) is 8.05. The molecule has 0 N–H and O–H groups in total. The van der Waals surface area contributed by atoms with Gasteiger partial charge in [0.2, 0.25) is 21.8 Å². The summed E-state index contributed by atoms with van der Waals surface area (Å²) in [5, 5.41) is 4.07. The number of amides is 1. The minimum Gasteiger partial charge on any atom is -0.388 e. The zero-order chi connectivity index (χ0) is 23.9. The number of aryl methyl sites for hydroxylation is 1. The lowest BCUT2D eigenvalue weighted by Crippen LogP contribution is -2.39. The molecule has 2 aliphatic heterocycles. The standard InChI is InChI=1S/C23H23FN4O5S/c24-18-7-5-16(6-8-18)22-25-28(23(30)33-22)15-21(29)27-13-3-4-17-14-19(9-10-20(17)27)34(31,32)26-11-1-2-12-26/h5-10,14H,1-4,11-13,15H2. The van der Waals surface area contributed by atoms with Crippen molar-refractivity contribution in [2.75, 3.05) is 24.5 Å². The topological polar surface area (TPSA) is 106 Å². The first-order valence-electron chi connectivity index (χ1n) is 11.1. The van der Waals surface area contributed by atoms with Crippen LogP contribution < -0.4 is 10.7 Å². The molecule has 2 aliphatic rings. The van der Waals surface area contributed by atoms with Crippen LogP contribution in [0, 0.1) is 5.82 Å². The van der Waals surface area contributed by atoms with Crippen molar-refractivity contribution in [1.29, 1.82) is 0 Å². The first-order chi connectivity index (χ1) is 16.3. The number of anilines is 1. The largest absolute Gasteiger partial charge is 0.437 e. The fourth-order valence-electron chi connectivity index (χ4n) is 4.40. The van der Waals surface area contributed by atoms with Crippen LogP contribution in [0.3, 0.4) is 0 Å². The van der Waals surface area contributed by atoms with Crippen LogP contribution in [-0.4, -0.2) is 48.0 Å². The summed E-state index contributed by atoms with van der Waals surface area (Å²) in [6.07, 6.45) is 3.04. The van der Waals surface area contributed by atoms with Gasteiger partial charge in [0.15, 0.2) is 0 Å². The molecular weight excluding hydrogens is 463 g/mol. The van der Waals surface area contributed by atoms with Gasteiger partial charge in [-0.3, -0.25) is 4.79 Å². The first-order valence-corrected chi connectivity index (χ1v) is 12.5. The number of halogens is 1. The van der Waals surface area contributed by atoms with Crippen LogP contribution in [0.5, 0.6) is 0 Å². The molecule has 0 spiro atoms. The lowest BCUT2D eigenvalue weighted by Gasteiger charge is -2.30. The fourth-order valence-corrected chi connectivity index (χ4v) is 5.97. The summed E-state index contributed by atoms with van der Waals surface area (Å²) in [5.74, 6) is -1.59. The van der Waals surface area contributed by atoms with Crippen LogP contribution in [0.25, 0.3) is 11.5 Å². The molecule has 0 atom stereocenters. The second kappa shape index (κ2) is 8.80. The summed E-state index contributed by atoms with van der Waals surface area (Å²) in [7, 11) is -3.55. The van der Waals surface area contributed by atoms with Gasteiger partial charge in [0, 0.05) is 30.9 Å². The molecule has 1 saturated heterocycles. The Labute approximate surface area is 195 Å². The highest BCUT2D eigenvalue weighted by Crippen LogP contribution is 2.31. The lowest BCUT2D eigenvalue weighted by atomic mass is 10.0. The Balaban J connectivity index is 1.37. The van der Waals surface area contributed by atoms with E-state index in [0.717, 1.165) is 23.1 Å². The zero-order valence-electron chi connectivity index (χ0n) is 18.3. The van der Waals surface area contributed by atoms with Crippen molar-refractivity contribution < 1.29 is 22.0 Å². The van der Waals surface area contributed by atoms with Gasteiger partial charge in [-0.1, -0.05) is 0 Å². The zero-order valence-corrected chi connectivity index (χ0v) is 19.1. The highest BCUT2D eigenvalue weighted by molar-refractivity contribution is 7.89. The second-order valence-corrected chi connectivity index (χ2v) is 10.3. The Bertz CT molecular complexity index is 1390. The monoisotopic (exact) mass is 486 g/mol. The van der Waals surface area contributed by atoms with E-state index in [1.165, 1.54) is 34.6 Å². The summed E-state index contributed by atoms with van der Waals surface area (Å²) in [6.45, 7) is 1.16. The molecule has 0 aliphatic carbocycles. The number of carbonyl (C=O) groups is 1. The molecule has 0 unspecified atom stereocenters. The number of rotatable bonds is 5. The Morgan fingerprint density at radius 3 is 2.50 bits per heavy atom. The number of hydrogen-bond acceptors (Lipinski definition) is 6. The van der Waals surface area contributed by atoms with Crippen LogP contribution >= 0.6 is 0 Å². The van der Waals surface area contributed by atoms with Gasteiger partial charge in [0.25, 0.3) is 0 Å². The Kier molecular flexibility index (Phi) is 5.82. The summed E-state index contributed by atoms with van der Waals surface area (Å²) >= 11 is 0. The molecule has 2 aromatic carbocycles. The number of benzene rings is 2. The Morgan fingerprint density at radius 2 is 1.76 bits per heavy atom. The molecular formula is C23H23FN4O5S. The number of hydrogen-bond donors (Lipinski definition) is 0. The van der Waals surface area contributed by atoms with E-state index in [-0.39, 0.29) is 23.2 Å². The number of sulfonamides is 1. The van der Waals surface area contributed by atoms with E-state index in [0.29, 0.717) is 43.7 Å². The van der Waals surface area contributed by atoms with Crippen LogP contribution in [0.4, 0.5) is 10.1 Å². The number of aromatic nitrogens is 2. The average molecular weight is 487 g/mol. The van der Waals surface area contributed by atoms with Crippen molar-refractivity contribution in [3.05, 3.63) is 64.4 Å².